The normalized spacial score (nSPS) is 15.0. The summed E-state index contributed by atoms with van der Waals surface area (Å²) in [7, 11) is 0. The molecule has 0 aromatic rings. The Hall–Kier alpha value is 1.70. The van der Waals surface area contributed by atoms with Gasteiger partial charge in [0.15, 0.2) is 0 Å². The summed E-state index contributed by atoms with van der Waals surface area (Å²) in [4.78, 5) is 0. The predicted molar refractivity (Wildman–Crippen MR) is 77.8 cm³/mol. The predicted octanol–water partition coefficient (Wildman–Crippen LogP) is -3.61. The molecule has 20 heavy (non-hydrogen) atoms. The van der Waals surface area contributed by atoms with E-state index in [0.29, 0.717) is 0 Å². The van der Waals surface area contributed by atoms with Gasteiger partial charge >= 0.3 is 59.1 Å². The van der Waals surface area contributed by atoms with Crippen LogP contribution in [0.15, 0.2) is 25.3 Å². The van der Waals surface area contributed by atoms with Gasteiger partial charge in [-0.05, 0) is 24.7 Å². The molecule has 0 rings (SSSR count). The monoisotopic (exact) mass is 342 g/mol. The van der Waals surface area contributed by atoms with Crippen molar-refractivity contribution in [3.63, 3.8) is 0 Å². The molecule has 0 radical (unpaired) electrons. The Kier molecular flexibility index (Phi) is 30.7. The van der Waals surface area contributed by atoms with E-state index < -0.39 is 22.2 Å². The average Bonchev–Trinajstić information content (AvgIpc) is 2.16. The Morgan fingerprint density at radius 1 is 0.950 bits per heavy atom. The Labute approximate surface area is 175 Å². The van der Waals surface area contributed by atoms with Crippen molar-refractivity contribution in [3.8, 4) is 0 Å². The van der Waals surface area contributed by atoms with Gasteiger partial charge in [-0.2, -0.15) is 0 Å². The summed E-state index contributed by atoms with van der Waals surface area (Å²) in [6.07, 6.45) is 5.01. The minimum absolute atomic E-state index is 0. The van der Waals surface area contributed by atoms with Gasteiger partial charge in [0, 0.05) is 11.5 Å². The van der Waals surface area contributed by atoms with Crippen molar-refractivity contribution < 1.29 is 79.5 Å². The van der Waals surface area contributed by atoms with Crippen LogP contribution in [0.25, 0.3) is 0 Å². The molecule has 0 fully saturated rings. The zero-order chi connectivity index (χ0) is 14.6. The molecule has 0 aliphatic carbocycles. The maximum atomic E-state index is 10.1. The molecule has 0 aliphatic rings. The van der Waals surface area contributed by atoms with Crippen molar-refractivity contribution in [3.05, 3.63) is 25.3 Å². The quantitative estimate of drug-likeness (QED) is 0.259. The summed E-state index contributed by atoms with van der Waals surface area (Å²) in [6.45, 7) is 10.8. The van der Waals surface area contributed by atoms with Gasteiger partial charge in [-0.3, -0.25) is 8.42 Å². The largest absolute Gasteiger partial charge is 1.00 e. The molecule has 0 bridgehead atoms. The zero-order valence-electron chi connectivity index (χ0n) is 15.0. The smallest absolute Gasteiger partial charge is 1.00 e. The van der Waals surface area contributed by atoms with Crippen LogP contribution in [0.1, 0.15) is 29.5 Å². The molecule has 8 heteroatoms. The third-order valence-corrected chi connectivity index (χ3v) is 3.66. The third kappa shape index (κ3) is 27.9. The molecule has 0 aromatic carbocycles. The SMILES string of the molecule is C=CC[C@@H](C)CS(=O)[O-].C=CC[C@H](C)CS(=O)[O-].[H-].[H-].[Na+].[Na+]. The van der Waals surface area contributed by atoms with E-state index in [1.807, 2.05) is 13.8 Å². The second kappa shape index (κ2) is 20.7. The third-order valence-electron chi connectivity index (χ3n) is 1.98. The maximum absolute atomic E-state index is 10.1. The van der Waals surface area contributed by atoms with Crippen LogP contribution in [0.3, 0.4) is 0 Å². The Morgan fingerprint density at radius 2 is 1.20 bits per heavy atom. The van der Waals surface area contributed by atoms with Gasteiger partial charge < -0.3 is 12.0 Å². The van der Waals surface area contributed by atoms with E-state index in [4.69, 9.17) is 0 Å². The minimum atomic E-state index is -1.89. The number of hydrogen-bond acceptors (Lipinski definition) is 4. The van der Waals surface area contributed by atoms with Crippen molar-refractivity contribution in [2.24, 2.45) is 11.8 Å². The Bertz CT molecular complexity index is 270. The fraction of sp³-hybridized carbons (Fsp3) is 0.667. The number of allylic oxidation sites excluding steroid dienone is 2. The van der Waals surface area contributed by atoms with E-state index in [2.05, 4.69) is 13.2 Å². The van der Waals surface area contributed by atoms with E-state index in [-0.39, 0.29) is 85.3 Å². The van der Waals surface area contributed by atoms with Crippen LogP contribution in [0, 0.1) is 11.8 Å². The van der Waals surface area contributed by atoms with Gasteiger partial charge in [-0.25, -0.2) is 0 Å². The molecule has 4 atom stereocenters. The first kappa shape index (κ1) is 29.7. The first-order valence-corrected chi connectivity index (χ1v) is 8.15. The zero-order valence-corrected chi connectivity index (χ0v) is 18.6. The van der Waals surface area contributed by atoms with Gasteiger partial charge in [0.2, 0.25) is 0 Å². The van der Waals surface area contributed by atoms with E-state index >= 15 is 0 Å². The van der Waals surface area contributed by atoms with Crippen molar-refractivity contribution in [2.45, 2.75) is 26.7 Å². The summed E-state index contributed by atoms with van der Waals surface area (Å²) in [5.74, 6) is 0.902. The second-order valence-electron chi connectivity index (χ2n) is 4.20. The molecule has 0 heterocycles. The molecule has 0 amide bonds. The summed E-state index contributed by atoms with van der Waals surface area (Å²) in [6, 6.07) is 0. The number of rotatable bonds is 8. The molecular weight excluding hydrogens is 318 g/mol. The molecule has 0 saturated heterocycles. The van der Waals surface area contributed by atoms with Crippen molar-refractivity contribution in [1.82, 2.24) is 0 Å². The van der Waals surface area contributed by atoms with Gasteiger partial charge in [0.25, 0.3) is 0 Å². The molecule has 2 unspecified atom stereocenters. The Morgan fingerprint density at radius 3 is 1.35 bits per heavy atom. The van der Waals surface area contributed by atoms with Crippen LogP contribution >= 0.6 is 0 Å². The molecule has 112 valence electrons. The van der Waals surface area contributed by atoms with Crippen LogP contribution in [0.2, 0.25) is 0 Å². The summed E-state index contributed by atoms with van der Waals surface area (Å²) >= 11 is -3.79. The summed E-state index contributed by atoms with van der Waals surface area (Å²) < 4.78 is 40.2. The van der Waals surface area contributed by atoms with Gasteiger partial charge in [-0.15, -0.1) is 13.2 Å². The van der Waals surface area contributed by atoms with Gasteiger partial charge in [0.1, 0.15) is 0 Å². The van der Waals surface area contributed by atoms with Crippen LogP contribution < -0.4 is 59.1 Å². The van der Waals surface area contributed by atoms with Crippen LogP contribution in [0.4, 0.5) is 0 Å². The van der Waals surface area contributed by atoms with Crippen molar-refractivity contribution in [1.29, 1.82) is 0 Å². The summed E-state index contributed by atoms with van der Waals surface area (Å²) in [5.41, 5.74) is 0. The van der Waals surface area contributed by atoms with E-state index in [1.54, 1.807) is 12.2 Å². The van der Waals surface area contributed by atoms with E-state index in [0.717, 1.165) is 12.8 Å². The first-order chi connectivity index (χ1) is 8.33. The number of hydrogen-bond donors (Lipinski definition) is 0. The molecule has 0 aromatic heterocycles. The van der Waals surface area contributed by atoms with E-state index in [9.17, 15) is 17.5 Å². The maximum Gasteiger partial charge on any atom is 1.00 e. The molecule has 0 saturated carbocycles. The van der Waals surface area contributed by atoms with Crippen molar-refractivity contribution in [2.75, 3.05) is 11.5 Å². The molecule has 0 spiro atoms. The van der Waals surface area contributed by atoms with Crippen molar-refractivity contribution >= 4 is 22.2 Å². The molecule has 4 nitrogen and oxygen atoms in total. The Balaban J connectivity index is -0.0000000492. The van der Waals surface area contributed by atoms with Gasteiger partial charge in [-0.1, -0.05) is 48.2 Å². The summed E-state index contributed by atoms with van der Waals surface area (Å²) in [5, 5.41) is 0. The first-order valence-electron chi connectivity index (χ1n) is 5.66. The molecule has 0 aliphatic heterocycles. The topological polar surface area (TPSA) is 80.3 Å². The standard InChI is InChI=1S/2C6H12O2S.2Na.2H/c2*1-3-4-6(2)5-9(7)8;;;;/h2*3,6H,1,4-5H2,2H3,(H,7,8);;;;/q;;2*+1;2*-1/p-2/t2*6-;;;;/m10..../s1. The fourth-order valence-electron chi connectivity index (χ4n) is 1.17. The van der Waals surface area contributed by atoms with Crippen LogP contribution in [-0.2, 0) is 22.2 Å². The van der Waals surface area contributed by atoms with Crippen LogP contribution in [0.5, 0.6) is 0 Å². The fourth-order valence-corrected chi connectivity index (χ4v) is 2.37. The van der Waals surface area contributed by atoms with E-state index in [1.165, 1.54) is 0 Å². The molecular formula is C12H24Na2O4S2-2. The van der Waals surface area contributed by atoms with Gasteiger partial charge in [0.05, 0.1) is 0 Å². The van der Waals surface area contributed by atoms with Crippen LogP contribution in [-0.4, -0.2) is 29.0 Å². The average molecular weight is 342 g/mol. The minimum Gasteiger partial charge on any atom is -1.00 e. The second-order valence-corrected chi connectivity index (χ2v) is 6.08. The molecule has 0 N–H and O–H groups in total.